The Labute approximate surface area is 108 Å². The van der Waals surface area contributed by atoms with Crippen molar-refractivity contribution in [3.63, 3.8) is 0 Å². The van der Waals surface area contributed by atoms with Crippen molar-refractivity contribution >= 4 is 17.8 Å². The predicted octanol–water partition coefficient (Wildman–Crippen LogP) is 1.29. The van der Waals surface area contributed by atoms with Gasteiger partial charge in [0, 0.05) is 26.7 Å². The van der Waals surface area contributed by atoms with E-state index in [0.29, 0.717) is 17.9 Å². The highest BCUT2D eigenvalue weighted by atomic mass is 15.4. The lowest BCUT2D eigenvalue weighted by Crippen LogP contribution is -2.30. The van der Waals surface area contributed by atoms with Crippen LogP contribution in [0.5, 0.6) is 0 Å². The van der Waals surface area contributed by atoms with Gasteiger partial charge in [-0.15, -0.1) is 0 Å². The molecule has 1 saturated carbocycles. The number of hydrogen-bond donors (Lipinski definition) is 1. The second kappa shape index (κ2) is 5.37. The van der Waals surface area contributed by atoms with Crippen molar-refractivity contribution in [2.24, 2.45) is 0 Å². The Morgan fingerprint density at radius 2 is 1.83 bits per heavy atom. The van der Waals surface area contributed by atoms with Crippen LogP contribution in [0.25, 0.3) is 0 Å². The molecule has 1 fully saturated rings. The maximum Gasteiger partial charge on any atom is 0.232 e. The van der Waals surface area contributed by atoms with Crippen LogP contribution in [0.4, 0.5) is 17.8 Å². The van der Waals surface area contributed by atoms with E-state index in [-0.39, 0.29) is 0 Å². The standard InChI is InChI=1S/C12H22N6/c1-4-5-8-18(9-6-7-9)12-15-10(13)14-11(16-12)17(2)3/h9H,4-8H2,1-3H3,(H2,13,14,15,16). The molecule has 1 aromatic rings. The first kappa shape index (κ1) is 12.9. The minimum Gasteiger partial charge on any atom is -0.368 e. The highest BCUT2D eigenvalue weighted by molar-refractivity contribution is 5.44. The highest BCUT2D eigenvalue weighted by Crippen LogP contribution is 2.30. The van der Waals surface area contributed by atoms with E-state index < -0.39 is 0 Å². The second-order valence-electron chi connectivity index (χ2n) is 4.97. The number of hydrogen-bond acceptors (Lipinski definition) is 6. The Bertz CT molecular complexity index is 402. The van der Waals surface area contributed by atoms with Gasteiger partial charge >= 0.3 is 0 Å². The monoisotopic (exact) mass is 250 g/mol. The first-order valence-corrected chi connectivity index (χ1v) is 6.57. The first-order valence-electron chi connectivity index (χ1n) is 6.57. The van der Waals surface area contributed by atoms with E-state index in [4.69, 9.17) is 5.73 Å². The molecule has 1 aliphatic carbocycles. The molecule has 100 valence electrons. The fourth-order valence-corrected chi connectivity index (χ4v) is 1.86. The predicted molar refractivity (Wildman–Crippen MR) is 73.8 cm³/mol. The lowest BCUT2D eigenvalue weighted by atomic mass is 10.3. The second-order valence-corrected chi connectivity index (χ2v) is 4.97. The zero-order chi connectivity index (χ0) is 13.1. The molecule has 0 spiro atoms. The number of rotatable bonds is 6. The number of anilines is 3. The average molecular weight is 250 g/mol. The molecule has 2 N–H and O–H groups in total. The molecule has 1 aromatic heterocycles. The van der Waals surface area contributed by atoms with E-state index in [1.54, 1.807) is 0 Å². The van der Waals surface area contributed by atoms with Crippen molar-refractivity contribution in [2.75, 3.05) is 36.2 Å². The number of aromatic nitrogens is 3. The molecule has 0 aromatic carbocycles. The van der Waals surface area contributed by atoms with Gasteiger partial charge in [0.05, 0.1) is 0 Å². The third-order valence-corrected chi connectivity index (χ3v) is 3.03. The van der Waals surface area contributed by atoms with Gasteiger partial charge in [-0.2, -0.15) is 15.0 Å². The van der Waals surface area contributed by atoms with Crippen LogP contribution in [0, 0.1) is 0 Å². The number of nitrogens with two attached hydrogens (primary N) is 1. The van der Waals surface area contributed by atoms with E-state index >= 15 is 0 Å². The van der Waals surface area contributed by atoms with Gasteiger partial charge in [-0.3, -0.25) is 0 Å². The van der Waals surface area contributed by atoms with Crippen LogP contribution < -0.4 is 15.5 Å². The minimum absolute atomic E-state index is 0.297. The molecule has 0 radical (unpaired) electrons. The lowest BCUT2D eigenvalue weighted by Gasteiger charge is -2.23. The summed E-state index contributed by atoms with van der Waals surface area (Å²) >= 11 is 0. The Morgan fingerprint density at radius 3 is 2.39 bits per heavy atom. The van der Waals surface area contributed by atoms with Crippen molar-refractivity contribution in [1.29, 1.82) is 0 Å². The van der Waals surface area contributed by atoms with E-state index in [1.807, 2.05) is 19.0 Å². The molecule has 1 aliphatic rings. The molecule has 6 heteroatoms. The fraction of sp³-hybridized carbons (Fsp3) is 0.750. The van der Waals surface area contributed by atoms with Gasteiger partial charge in [0.2, 0.25) is 17.8 Å². The number of nitrogens with zero attached hydrogens (tertiary/aromatic N) is 5. The Balaban J connectivity index is 2.23. The van der Waals surface area contributed by atoms with Crippen molar-refractivity contribution in [3.05, 3.63) is 0 Å². The third-order valence-electron chi connectivity index (χ3n) is 3.03. The zero-order valence-electron chi connectivity index (χ0n) is 11.4. The van der Waals surface area contributed by atoms with Crippen molar-refractivity contribution in [2.45, 2.75) is 38.6 Å². The van der Waals surface area contributed by atoms with E-state index in [9.17, 15) is 0 Å². The van der Waals surface area contributed by atoms with Gasteiger partial charge in [0.25, 0.3) is 0 Å². The van der Waals surface area contributed by atoms with Crippen LogP contribution >= 0.6 is 0 Å². The van der Waals surface area contributed by atoms with Gasteiger partial charge < -0.3 is 15.5 Å². The molecule has 0 unspecified atom stereocenters. The molecule has 0 amide bonds. The van der Waals surface area contributed by atoms with Crippen LogP contribution in [0.3, 0.4) is 0 Å². The summed E-state index contributed by atoms with van der Waals surface area (Å²) in [5.74, 6) is 1.65. The van der Waals surface area contributed by atoms with Gasteiger partial charge in [0.1, 0.15) is 0 Å². The Kier molecular flexibility index (Phi) is 3.84. The SMILES string of the molecule is CCCCN(c1nc(N)nc(N(C)C)n1)C1CC1. The molecule has 0 atom stereocenters. The van der Waals surface area contributed by atoms with Crippen LogP contribution in [-0.2, 0) is 0 Å². The summed E-state index contributed by atoms with van der Waals surface area (Å²) in [5.41, 5.74) is 5.77. The maximum atomic E-state index is 5.77. The van der Waals surface area contributed by atoms with Gasteiger partial charge in [-0.25, -0.2) is 0 Å². The van der Waals surface area contributed by atoms with Gasteiger partial charge in [-0.05, 0) is 19.3 Å². The van der Waals surface area contributed by atoms with Crippen molar-refractivity contribution in [1.82, 2.24) is 15.0 Å². The molecule has 0 saturated heterocycles. The summed E-state index contributed by atoms with van der Waals surface area (Å²) < 4.78 is 0. The maximum absolute atomic E-state index is 5.77. The van der Waals surface area contributed by atoms with Gasteiger partial charge in [-0.1, -0.05) is 13.3 Å². The van der Waals surface area contributed by atoms with Gasteiger partial charge in [0.15, 0.2) is 0 Å². The normalized spacial score (nSPS) is 14.6. The average Bonchev–Trinajstić information content (AvgIpc) is 3.13. The molecule has 18 heavy (non-hydrogen) atoms. The molecule has 6 nitrogen and oxygen atoms in total. The summed E-state index contributed by atoms with van der Waals surface area (Å²) in [6.07, 6.45) is 4.78. The quantitative estimate of drug-likeness (QED) is 0.820. The van der Waals surface area contributed by atoms with Crippen molar-refractivity contribution < 1.29 is 0 Å². The first-order chi connectivity index (χ1) is 8.61. The Morgan fingerprint density at radius 1 is 1.17 bits per heavy atom. The lowest BCUT2D eigenvalue weighted by molar-refractivity contribution is 0.691. The van der Waals surface area contributed by atoms with Crippen LogP contribution in [0.1, 0.15) is 32.6 Å². The summed E-state index contributed by atoms with van der Waals surface area (Å²) in [6, 6.07) is 0.591. The van der Waals surface area contributed by atoms with Crippen LogP contribution in [-0.4, -0.2) is 41.6 Å². The highest BCUT2D eigenvalue weighted by Gasteiger charge is 2.31. The molecule has 0 bridgehead atoms. The minimum atomic E-state index is 0.297. The van der Waals surface area contributed by atoms with Crippen molar-refractivity contribution in [3.8, 4) is 0 Å². The fourth-order valence-electron chi connectivity index (χ4n) is 1.86. The number of unbranched alkanes of at least 4 members (excludes halogenated alkanes) is 1. The summed E-state index contributed by atoms with van der Waals surface area (Å²) in [7, 11) is 3.82. The molecular weight excluding hydrogens is 228 g/mol. The summed E-state index contributed by atoms with van der Waals surface area (Å²) in [4.78, 5) is 17.0. The summed E-state index contributed by atoms with van der Waals surface area (Å²) in [6.45, 7) is 3.19. The molecule has 0 aliphatic heterocycles. The topological polar surface area (TPSA) is 71.2 Å². The zero-order valence-corrected chi connectivity index (χ0v) is 11.4. The largest absolute Gasteiger partial charge is 0.368 e. The van der Waals surface area contributed by atoms with E-state index in [1.165, 1.54) is 19.3 Å². The molecule has 2 rings (SSSR count). The van der Waals surface area contributed by atoms with E-state index in [0.717, 1.165) is 18.9 Å². The molecular formula is C12H22N6. The molecule has 1 heterocycles. The summed E-state index contributed by atoms with van der Waals surface area (Å²) in [5, 5.41) is 0. The van der Waals surface area contributed by atoms with Crippen LogP contribution in [0.2, 0.25) is 0 Å². The van der Waals surface area contributed by atoms with E-state index in [2.05, 4.69) is 26.8 Å². The third kappa shape index (κ3) is 3.00. The number of nitrogen functional groups attached to an aromatic ring is 1. The Hall–Kier alpha value is -1.59. The van der Waals surface area contributed by atoms with Crippen LogP contribution in [0.15, 0.2) is 0 Å². The smallest absolute Gasteiger partial charge is 0.232 e.